The summed E-state index contributed by atoms with van der Waals surface area (Å²) < 4.78 is 19.0. The van der Waals surface area contributed by atoms with Crippen LogP contribution in [0.1, 0.15) is 5.69 Å². The number of halogens is 2. The summed E-state index contributed by atoms with van der Waals surface area (Å²) in [5.41, 5.74) is 6.03. The largest absolute Gasteiger partial charge is 0.487 e. The highest BCUT2D eigenvalue weighted by Crippen LogP contribution is 2.21. The van der Waals surface area contributed by atoms with Gasteiger partial charge in [0.05, 0.1) is 22.6 Å². The topological polar surface area (TPSA) is 61.0 Å². The summed E-state index contributed by atoms with van der Waals surface area (Å²) >= 11 is 3.07. The first-order valence-corrected chi connectivity index (χ1v) is 5.58. The summed E-state index contributed by atoms with van der Waals surface area (Å²) in [4.78, 5) is 7.89. The zero-order valence-electron chi connectivity index (χ0n) is 8.73. The molecule has 0 radical (unpaired) electrons. The molecular weight excluding hydrogens is 289 g/mol. The lowest BCUT2D eigenvalue weighted by molar-refractivity contribution is 0.299. The molecule has 2 N–H and O–H groups in total. The van der Waals surface area contributed by atoms with Crippen molar-refractivity contribution in [3.8, 4) is 5.75 Å². The minimum absolute atomic E-state index is 0.217. The molecule has 0 saturated heterocycles. The highest BCUT2D eigenvalue weighted by atomic mass is 79.9. The van der Waals surface area contributed by atoms with Crippen LogP contribution in [-0.4, -0.2) is 9.97 Å². The van der Waals surface area contributed by atoms with Crippen molar-refractivity contribution in [3.05, 3.63) is 46.6 Å². The second-order valence-electron chi connectivity index (χ2n) is 3.30. The molecule has 0 spiro atoms. The maximum Gasteiger partial charge on any atom is 0.141 e. The highest BCUT2D eigenvalue weighted by Gasteiger charge is 2.02. The van der Waals surface area contributed by atoms with Crippen LogP contribution < -0.4 is 10.5 Å². The van der Waals surface area contributed by atoms with E-state index in [-0.39, 0.29) is 12.4 Å². The molecule has 2 rings (SSSR count). The van der Waals surface area contributed by atoms with Gasteiger partial charge in [-0.25, -0.2) is 9.37 Å². The smallest absolute Gasteiger partial charge is 0.141 e. The van der Waals surface area contributed by atoms with Gasteiger partial charge in [0, 0.05) is 6.07 Å². The minimum atomic E-state index is -0.370. The van der Waals surface area contributed by atoms with Crippen molar-refractivity contribution < 1.29 is 9.13 Å². The lowest BCUT2D eigenvalue weighted by Crippen LogP contribution is -2.00. The molecule has 2 aromatic rings. The molecule has 0 aliphatic rings. The summed E-state index contributed by atoms with van der Waals surface area (Å²) in [5, 5.41) is 0. The fraction of sp³-hybridized carbons (Fsp3) is 0.0909. The van der Waals surface area contributed by atoms with E-state index in [9.17, 15) is 4.39 Å². The molecule has 1 aromatic heterocycles. The van der Waals surface area contributed by atoms with Gasteiger partial charge in [0.15, 0.2) is 0 Å². The number of nitrogen functional groups attached to an aromatic ring is 1. The van der Waals surface area contributed by atoms with Crippen LogP contribution in [0.15, 0.2) is 35.1 Å². The SMILES string of the molecule is Nc1cnc(COc2ccc(Br)c(F)c2)cn1. The molecule has 0 unspecified atom stereocenters. The molecule has 0 aliphatic heterocycles. The van der Waals surface area contributed by atoms with Gasteiger partial charge >= 0.3 is 0 Å². The van der Waals surface area contributed by atoms with Crippen LogP contribution in [0, 0.1) is 5.82 Å². The van der Waals surface area contributed by atoms with E-state index in [4.69, 9.17) is 10.5 Å². The van der Waals surface area contributed by atoms with Crippen molar-refractivity contribution >= 4 is 21.7 Å². The third-order valence-corrected chi connectivity index (χ3v) is 2.65. The van der Waals surface area contributed by atoms with Crippen molar-refractivity contribution in [3.63, 3.8) is 0 Å². The first-order chi connectivity index (χ1) is 8.15. The number of ether oxygens (including phenoxy) is 1. The van der Waals surface area contributed by atoms with Crippen LogP contribution in [0.5, 0.6) is 5.75 Å². The molecule has 0 saturated carbocycles. The third kappa shape index (κ3) is 3.13. The second-order valence-corrected chi connectivity index (χ2v) is 4.15. The predicted molar refractivity (Wildman–Crippen MR) is 64.9 cm³/mol. The van der Waals surface area contributed by atoms with Crippen molar-refractivity contribution in [2.75, 3.05) is 5.73 Å². The van der Waals surface area contributed by atoms with Gasteiger partial charge in [-0.15, -0.1) is 0 Å². The Morgan fingerprint density at radius 3 is 2.76 bits per heavy atom. The van der Waals surface area contributed by atoms with Crippen molar-refractivity contribution in [1.29, 1.82) is 0 Å². The van der Waals surface area contributed by atoms with Gasteiger partial charge in [-0.1, -0.05) is 0 Å². The second kappa shape index (κ2) is 5.09. The lowest BCUT2D eigenvalue weighted by Gasteiger charge is -2.06. The molecule has 0 atom stereocenters. The number of aromatic nitrogens is 2. The van der Waals surface area contributed by atoms with Gasteiger partial charge in [0.2, 0.25) is 0 Å². The van der Waals surface area contributed by atoms with Crippen molar-refractivity contribution in [2.45, 2.75) is 6.61 Å². The molecule has 0 bridgehead atoms. The van der Waals surface area contributed by atoms with E-state index in [1.165, 1.54) is 18.5 Å². The fourth-order valence-corrected chi connectivity index (χ4v) is 1.41. The molecule has 4 nitrogen and oxygen atoms in total. The van der Waals surface area contributed by atoms with Crippen LogP contribution in [0.3, 0.4) is 0 Å². The van der Waals surface area contributed by atoms with Crippen LogP contribution in [0.4, 0.5) is 10.2 Å². The van der Waals surface area contributed by atoms with Crippen LogP contribution in [0.25, 0.3) is 0 Å². The first kappa shape index (κ1) is 11.8. The molecular formula is C11H9BrFN3O. The van der Waals surface area contributed by atoms with Gasteiger partial charge in [-0.2, -0.15) is 0 Å². The molecule has 1 heterocycles. The van der Waals surface area contributed by atoms with Gasteiger partial charge in [-0.05, 0) is 28.1 Å². The number of rotatable bonds is 3. The molecule has 6 heteroatoms. The van der Waals surface area contributed by atoms with E-state index in [0.717, 1.165) is 0 Å². The number of hydrogen-bond acceptors (Lipinski definition) is 4. The van der Waals surface area contributed by atoms with Gasteiger partial charge in [0.25, 0.3) is 0 Å². The highest BCUT2D eigenvalue weighted by molar-refractivity contribution is 9.10. The Morgan fingerprint density at radius 1 is 1.29 bits per heavy atom. The normalized spacial score (nSPS) is 10.2. The Morgan fingerprint density at radius 2 is 2.12 bits per heavy atom. The average molecular weight is 298 g/mol. The van der Waals surface area contributed by atoms with Gasteiger partial charge < -0.3 is 10.5 Å². The van der Waals surface area contributed by atoms with Gasteiger partial charge in [-0.3, -0.25) is 4.98 Å². The monoisotopic (exact) mass is 297 g/mol. The maximum absolute atomic E-state index is 13.2. The number of nitrogens with two attached hydrogens (primary N) is 1. The quantitative estimate of drug-likeness (QED) is 0.946. The summed E-state index contributed by atoms with van der Waals surface area (Å²) in [7, 11) is 0. The lowest BCUT2D eigenvalue weighted by atomic mass is 10.3. The van der Waals surface area contributed by atoms with E-state index in [1.54, 1.807) is 12.1 Å². The van der Waals surface area contributed by atoms with Crippen molar-refractivity contribution in [1.82, 2.24) is 9.97 Å². The van der Waals surface area contributed by atoms with Crippen LogP contribution >= 0.6 is 15.9 Å². The summed E-state index contributed by atoms with van der Waals surface area (Å²) in [6.45, 7) is 0.217. The summed E-state index contributed by atoms with van der Waals surface area (Å²) in [6.07, 6.45) is 2.96. The van der Waals surface area contributed by atoms with E-state index in [1.807, 2.05) is 0 Å². The number of anilines is 1. The predicted octanol–water partition coefficient (Wildman–Crippen LogP) is 2.54. The van der Waals surface area contributed by atoms with E-state index in [2.05, 4.69) is 25.9 Å². The Kier molecular flexibility index (Phi) is 3.53. The minimum Gasteiger partial charge on any atom is -0.487 e. The summed E-state index contributed by atoms with van der Waals surface area (Å²) in [5.74, 6) is 0.415. The number of hydrogen-bond donors (Lipinski definition) is 1. The van der Waals surface area contributed by atoms with E-state index >= 15 is 0 Å². The zero-order chi connectivity index (χ0) is 12.3. The van der Waals surface area contributed by atoms with E-state index < -0.39 is 0 Å². The standard InChI is InChI=1S/C11H9BrFN3O/c12-9-2-1-8(3-10(9)13)17-6-7-4-16-11(14)5-15-7/h1-5H,6H2,(H2,14,16). The average Bonchev–Trinajstić information content (AvgIpc) is 2.33. The Hall–Kier alpha value is -1.69. The van der Waals surface area contributed by atoms with Gasteiger partial charge in [0.1, 0.15) is 24.0 Å². The molecule has 0 amide bonds. The molecule has 0 fully saturated rings. The van der Waals surface area contributed by atoms with Crippen molar-refractivity contribution in [2.24, 2.45) is 0 Å². The Bertz CT molecular complexity index is 519. The Balaban J connectivity index is 2.02. The number of nitrogens with zero attached hydrogens (tertiary/aromatic N) is 2. The van der Waals surface area contributed by atoms with Crippen LogP contribution in [0.2, 0.25) is 0 Å². The van der Waals surface area contributed by atoms with Crippen LogP contribution in [-0.2, 0) is 6.61 Å². The Labute approximate surface area is 106 Å². The number of benzene rings is 1. The first-order valence-electron chi connectivity index (χ1n) is 4.79. The summed E-state index contributed by atoms with van der Waals surface area (Å²) in [6, 6.07) is 4.55. The molecule has 0 aliphatic carbocycles. The zero-order valence-corrected chi connectivity index (χ0v) is 10.3. The maximum atomic E-state index is 13.2. The fourth-order valence-electron chi connectivity index (χ4n) is 1.16. The molecule has 1 aromatic carbocycles. The molecule has 17 heavy (non-hydrogen) atoms. The van der Waals surface area contributed by atoms with E-state index in [0.29, 0.717) is 21.7 Å². The third-order valence-electron chi connectivity index (χ3n) is 2.00. The molecule has 88 valence electrons.